The highest BCUT2D eigenvalue weighted by Crippen LogP contribution is 2.18. The molecule has 92 valence electrons. The van der Waals surface area contributed by atoms with Crippen LogP contribution in [0.15, 0.2) is 0 Å². The van der Waals surface area contributed by atoms with Gasteiger partial charge in [0.15, 0.2) is 0 Å². The summed E-state index contributed by atoms with van der Waals surface area (Å²) in [6.45, 7) is 1.22. The highest BCUT2D eigenvalue weighted by molar-refractivity contribution is 5.77. The van der Waals surface area contributed by atoms with E-state index >= 15 is 0 Å². The van der Waals surface area contributed by atoms with Crippen molar-refractivity contribution >= 4 is 5.91 Å². The van der Waals surface area contributed by atoms with E-state index in [1.54, 1.807) is 0 Å². The van der Waals surface area contributed by atoms with Crippen LogP contribution in [0, 0.1) is 0 Å². The largest absolute Gasteiger partial charge is 0.388 e. The van der Waals surface area contributed by atoms with Crippen LogP contribution in [0.2, 0.25) is 0 Å². The highest BCUT2D eigenvalue weighted by atomic mass is 16.5. The molecular weight excluding hydrogens is 210 g/mol. The lowest BCUT2D eigenvalue weighted by molar-refractivity contribution is -0.134. The Kier molecular flexibility index (Phi) is 3.78. The fraction of sp³-hybridized carbons (Fsp3) is 0.909. The Bertz CT molecular complexity index is 242. The third kappa shape index (κ3) is 2.72. The van der Waals surface area contributed by atoms with Crippen LogP contribution in [0.1, 0.15) is 25.7 Å². The average molecular weight is 229 g/mol. The van der Waals surface area contributed by atoms with Crippen LogP contribution < -0.4 is 0 Å². The molecule has 2 saturated heterocycles. The quantitative estimate of drug-likeness (QED) is 0.670. The van der Waals surface area contributed by atoms with E-state index in [1.165, 1.54) is 4.90 Å². The van der Waals surface area contributed by atoms with E-state index in [4.69, 9.17) is 4.74 Å². The first-order valence-electron chi connectivity index (χ1n) is 5.92. The summed E-state index contributed by atoms with van der Waals surface area (Å²) in [5.41, 5.74) is 0. The van der Waals surface area contributed by atoms with Gasteiger partial charge in [0.05, 0.1) is 24.7 Å². The van der Waals surface area contributed by atoms with Gasteiger partial charge in [0.1, 0.15) is 0 Å². The molecule has 0 aromatic heterocycles. The second-order valence-electron chi connectivity index (χ2n) is 4.63. The van der Waals surface area contributed by atoms with Gasteiger partial charge in [0.25, 0.3) is 0 Å². The SMILES string of the molecule is O=C(CC1CCCCO1)N1CC(O)C(O)C1. The third-order valence-corrected chi connectivity index (χ3v) is 3.29. The monoisotopic (exact) mass is 229 g/mol. The van der Waals surface area contributed by atoms with Crippen molar-refractivity contribution in [2.24, 2.45) is 0 Å². The standard InChI is InChI=1S/C11H19NO4/c13-9-6-12(7-10(9)14)11(15)5-8-3-1-2-4-16-8/h8-10,13-14H,1-7H2. The molecule has 0 saturated carbocycles. The van der Waals surface area contributed by atoms with Gasteiger partial charge in [-0.3, -0.25) is 4.79 Å². The first kappa shape index (κ1) is 11.8. The van der Waals surface area contributed by atoms with E-state index in [-0.39, 0.29) is 25.1 Å². The fourth-order valence-corrected chi connectivity index (χ4v) is 2.27. The molecule has 0 spiro atoms. The highest BCUT2D eigenvalue weighted by Gasteiger charge is 2.33. The molecule has 2 aliphatic heterocycles. The predicted octanol–water partition coefficient (Wildman–Crippen LogP) is -0.490. The van der Waals surface area contributed by atoms with Gasteiger partial charge in [-0.05, 0) is 19.3 Å². The van der Waals surface area contributed by atoms with E-state index in [1.807, 2.05) is 0 Å². The van der Waals surface area contributed by atoms with Crippen molar-refractivity contribution in [3.8, 4) is 0 Å². The van der Waals surface area contributed by atoms with E-state index in [0.717, 1.165) is 25.9 Å². The van der Waals surface area contributed by atoms with Crippen LogP contribution in [0.25, 0.3) is 0 Å². The van der Waals surface area contributed by atoms with Gasteiger partial charge >= 0.3 is 0 Å². The Hall–Kier alpha value is -0.650. The van der Waals surface area contributed by atoms with Crippen molar-refractivity contribution in [3.05, 3.63) is 0 Å². The van der Waals surface area contributed by atoms with Gasteiger partial charge < -0.3 is 19.8 Å². The van der Waals surface area contributed by atoms with Crippen molar-refractivity contribution in [2.45, 2.75) is 44.0 Å². The number of carbonyl (C=O) groups excluding carboxylic acids is 1. The molecule has 0 aromatic carbocycles. The third-order valence-electron chi connectivity index (χ3n) is 3.29. The van der Waals surface area contributed by atoms with E-state index in [2.05, 4.69) is 0 Å². The number of likely N-dealkylation sites (tertiary alicyclic amines) is 1. The fourth-order valence-electron chi connectivity index (χ4n) is 2.27. The minimum absolute atomic E-state index is 0.0242. The van der Waals surface area contributed by atoms with Crippen molar-refractivity contribution in [3.63, 3.8) is 0 Å². The summed E-state index contributed by atoms with van der Waals surface area (Å²) in [6, 6.07) is 0. The Balaban J connectivity index is 1.79. The molecule has 0 aromatic rings. The molecule has 2 N–H and O–H groups in total. The number of rotatable bonds is 2. The van der Waals surface area contributed by atoms with Crippen LogP contribution in [0.5, 0.6) is 0 Å². The Labute approximate surface area is 95.0 Å². The average Bonchev–Trinajstić information content (AvgIpc) is 2.61. The topological polar surface area (TPSA) is 70.0 Å². The number of aliphatic hydroxyl groups excluding tert-OH is 2. The second kappa shape index (κ2) is 5.12. The minimum Gasteiger partial charge on any atom is -0.388 e. The molecule has 2 rings (SSSR count). The maximum atomic E-state index is 11.8. The Morgan fingerprint density at radius 2 is 1.94 bits per heavy atom. The molecular formula is C11H19NO4. The molecule has 0 bridgehead atoms. The normalized spacial score (nSPS) is 35.4. The predicted molar refractivity (Wildman–Crippen MR) is 56.8 cm³/mol. The number of ether oxygens (including phenoxy) is 1. The van der Waals surface area contributed by atoms with Crippen LogP contribution in [-0.2, 0) is 9.53 Å². The van der Waals surface area contributed by atoms with Crippen LogP contribution in [0.3, 0.4) is 0 Å². The summed E-state index contributed by atoms with van der Waals surface area (Å²) in [5.74, 6) is -0.0255. The zero-order valence-corrected chi connectivity index (χ0v) is 9.34. The first-order valence-corrected chi connectivity index (χ1v) is 5.92. The molecule has 2 fully saturated rings. The summed E-state index contributed by atoms with van der Waals surface area (Å²) in [6.07, 6.45) is 1.93. The summed E-state index contributed by atoms with van der Waals surface area (Å²) >= 11 is 0. The van der Waals surface area contributed by atoms with Crippen molar-refractivity contribution in [1.82, 2.24) is 4.90 Å². The molecule has 5 nitrogen and oxygen atoms in total. The smallest absolute Gasteiger partial charge is 0.225 e. The van der Waals surface area contributed by atoms with Gasteiger partial charge in [-0.2, -0.15) is 0 Å². The number of hydrogen-bond donors (Lipinski definition) is 2. The van der Waals surface area contributed by atoms with Crippen molar-refractivity contribution < 1.29 is 19.7 Å². The van der Waals surface area contributed by atoms with Gasteiger partial charge in [-0.1, -0.05) is 0 Å². The number of β-amino-alcohol motifs (C(OH)–C–C–N with tert-alkyl or cyclic N) is 2. The molecule has 2 aliphatic rings. The molecule has 1 amide bonds. The van der Waals surface area contributed by atoms with Gasteiger partial charge in [0.2, 0.25) is 5.91 Å². The lowest BCUT2D eigenvalue weighted by atomic mass is 10.1. The summed E-state index contributed by atoms with van der Waals surface area (Å²) in [5, 5.41) is 18.7. The van der Waals surface area contributed by atoms with Crippen molar-refractivity contribution in [2.75, 3.05) is 19.7 Å². The Morgan fingerprint density at radius 1 is 1.25 bits per heavy atom. The lowest BCUT2D eigenvalue weighted by Crippen LogP contribution is -2.34. The van der Waals surface area contributed by atoms with E-state index in [0.29, 0.717) is 6.42 Å². The molecule has 0 radical (unpaired) electrons. The van der Waals surface area contributed by atoms with Gasteiger partial charge in [-0.25, -0.2) is 0 Å². The number of hydrogen-bond acceptors (Lipinski definition) is 4. The van der Waals surface area contributed by atoms with E-state index in [9.17, 15) is 15.0 Å². The Morgan fingerprint density at radius 3 is 2.50 bits per heavy atom. The van der Waals surface area contributed by atoms with Crippen LogP contribution >= 0.6 is 0 Å². The van der Waals surface area contributed by atoms with Crippen molar-refractivity contribution in [1.29, 1.82) is 0 Å². The first-order chi connectivity index (χ1) is 7.66. The lowest BCUT2D eigenvalue weighted by Gasteiger charge is -2.24. The number of carbonyl (C=O) groups is 1. The number of nitrogens with zero attached hydrogens (tertiary/aromatic N) is 1. The maximum Gasteiger partial charge on any atom is 0.225 e. The van der Waals surface area contributed by atoms with Gasteiger partial charge in [0, 0.05) is 19.7 Å². The summed E-state index contributed by atoms with van der Waals surface area (Å²) in [4.78, 5) is 13.3. The minimum atomic E-state index is -0.795. The molecule has 3 unspecified atom stereocenters. The van der Waals surface area contributed by atoms with Crippen LogP contribution in [-0.4, -0.2) is 59.0 Å². The number of amides is 1. The second-order valence-corrected chi connectivity index (χ2v) is 4.63. The van der Waals surface area contributed by atoms with Gasteiger partial charge in [-0.15, -0.1) is 0 Å². The summed E-state index contributed by atoms with van der Waals surface area (Å²) in [7, 11) is 0. The van der Waals surface area contributed by atoms with E-state index < -0.39 is 12.2 Å². The molecule has 5 heteroatoms. The van der Waals surface area contributed by atoms with Crippen LogP contribution in [0.4, 0.5) is 0 Å². The zero-order valence-electron chi connectivity index (χ0n) is 9.34. The maximum absolute atomic E-state index is 11.8. The molecule has 16 heavy (non-hydrogen) atoms. The zero-order chi connectivity index (χ0) is 11.5. The summed E-state index contributed by atoms with van der Waals surface area (Å²) < 4.78 is 5.49. The molecule has 2 heterocycles. The molecule has 0 aliphatic carbocycles. The number of aliphatic hydroxyl groups is 2. The molecule has 3 atom stereocenters.